The Kier molecular flexibility index (Phi) is 11.7. The van der Waals surface area contributed by atoms with E-state index in [2.05, 4.69) is 20.7 Å². The van der Waals surface area contributed by atoms with Crippen LogP contribution in [-0.2, 0) is 14.2 Å². The molecule has 8 nitrogen and oxygen atoms in total. The largest absolute Gasteiger partial charge is 0.453 e. The molecule has 0 aliphatic carbocycles. The molecule has 1 fully saturated rings. The molecule has 2 unspecified atom stereocenters. The summed E-state index contributed by atoms with van der Waals surface area (Å²) in [5, 5.41) is 9.60. The first-order valence-electron chi connectivity index (χ1n) is 12.7. The Morgan fingerprint density at radius 2 is 2.03 bits per heavy atom. The molecular formula is C28H38ClN3O5. The zero-order chi connectivity index (χ0) is 26.6. The molecule has 3 N–H and O–H groups in total. The van der Waals surface area contributed by atoms with E-state index in [1.807, 2.05) is 50.4 Å². The Morgan fingerprint density at radius 3 is 2.76 bits per heavy atom. The van der Waals surface area contributed by atoms with Gasteiger partial charge in [-0.25, -0.2) is 4.79 Å². The average Bonchev–Trinajstić information content (AvgIpc) is 2.92. The molecule has 2 amide bonds. The fourth-order valence-corrected chi connectivity index (χ4v) is 4.70. The minimum atomic E-state index is -0.520. The first-order chi connectivity index (χ1) is 17.9. The third-order valence-electron chi connectivity index (χ3n) is 6.61. The first-order valence-corrected chi connectivity index (χ1v) is 13.1. The number of amides is 2. The molecule has 0 radical (unpaired) electrons. The van der Waals surface area contributed by atoms with E-state index in [-0.39, 0.29) is 25.1 Å². The van der Waals surface area contributed by atoms with Crippen molar-refractivity contribution in [3.63, 3.8) is 0 Å². The summed E-state index contributed by atoms with van der Waals surface area (Å²) in [4.78, 5) is 24.5. The number of carbonyl (C=O) groups is 2. The van der Waals surface area contributed by atoms with Crippen LogP contribution in [0.2, 0.25) is 5.02 Å². The molecule has 0 spiro atoms. The topological polar surface area (TPSA) is 97.9 Å². The fraction of sp³-hybridized carbons (Fsp3) is 0.500. The standard InChI is InChI=1S/C28H38ClN3O5/c1-19-9-10-23(29)16-25(19)26(37-13-11-31-28(34)35-3)21-7-4-8-22(15-21)27(33)32-17-24(30-2)14-20-6-5-12-36-18-20/h4,7-10,15-16,20,24,26,30H,5-6,11-14,17-18H2,1-3H3,(H,31,34)(H,32,33)/t20-,24?,26?/m1/s1. The maximum Gasteiger partial charge on any atom is 0.406 e. The maximum absolute atomic E-state index is 13.1. The van der Waals surface area contributed by atoms with E-state index < -0.39 is 12.2 Å². The van der Waals surface area contributed by atoms with Gasteiger partial charge in [0.1, 0.15) is 6.10 Å². The minimum absolute atomic E-state index is 0.143. The molecule has 9 heteroatoms. The van der Waals surface area contributed by atoms with Gasteiger partial charge in [0, 0.05) is 42.9 Å². The molecule has 3 atom stereocenters. The summed E-state index contributed by atoms with van der Waals surface area (Å²) in [5.41, 5.74) is 3.27. The Hall–Kier alpha value is -2.65. The van der Waals surface area contributed by atoms with Crippen molar-refractivity contribution in [3.8, 4) is 0 Å². The lowest BCUT2D eigenvalue weighted by atomic mass is 9.94. The molecular weight excluding hydrogens is 494 g/mol. The van der Waals surface area contributed by atoms with Crippen LogP contribution in [0.3, 0.4) is 0 Å². The van der Waals surface area contributed by atoms with Gasteiger partial charge in [-0.1, -0.05) is 29.8 Å². The molecule has 202 valence electrons. The molecule has 1 heterocycles. The number of alkyl carbamates (subject to hydrolysis) is 1. The number of hydrogen-bond donors (Lipinski definition) is 3. The second kappa shape index (κ2) is 14.9. The zero-order valence-electron chi connectivity index (χ0n) is 21.8. The lowest BCUT2D eigenvalue weighted by molar-refractivity contribution is 0.0478. The number of rotatable bonds is 12. The lowest BCUT2D eigenvalue weighted by Gasteiger charge is -2.26. The minimum Gasteiger partial charge on any atom is -0.453 e. The fourth-order valence-electron chi connectivity index (χ4n) is 4.52. The van der Waals surface area contributed by atoms with Crippen LogP contribution in [0.5, 0.6) is 0 Å². The summed E-state index contributed by atoms with van der Waals surface area (Å²) >= 11 is 6.30. The summed E-state index contributed by atoms with van der Waals surface area (Å²) in [5.74, 6) is 0.370. The maximum atomic E-state index is 13.1. The highest BCUT2D eigenvalue weighted by atomic mass is 35.5. The van der Waals surface area contributed by atoms with Gasteiger partial charge in [-0.2, -0.15) is 0 Å². The van der Waals surface area contributed by atoms with Crippen molar-refractivity contribution >= 4 is 23.6 Å². The highest BCUT2D eigenvalue weighted by Crippen LogP contribution is 2.31. The van der Waals surface area contributed by atoms with Crippen molar-refractivity contribution in [2.24, 2.45) is 5.92 Å². The highest BCUT2D eigenvalue weighted by Gasteiger charge is 2.21. The van der Waals surface area contributed by atoms with Crippen molar-refractivity contribution in [1.29, 1.82) is 0 Å². The number of ether oxygens (including phenoxy) is 3. The number of nitrogens with one attached hydrogen (secondary N) is 3. The van der Waals surface area contributed by atoms with E-state index in [4.69, 9.17) is 21.1 Å². The quantitative estimate of drug-likeness (QED) is 0.354. The van der Waals surface area contributed by atoms with E-state index in [1.54, 1.807) is 6.07 Å². The predicted molar refractivity (Wildman–Crippen MR) is 144 cm³/mol. The van der Waals surface area contributed by atoms with Crippen LogP contribution < -0.4 is 16.0 Å². The van der Waals surface area contributed by atoms with E-state index in [9.17, 15) is 9.59 Å². The van der Waals surface area contributed by atoms with Gasteiger partial charge in [-0.15, -0.1) is 0 Å². The van der Waals surface area contributed by atoms with Gasteiger partial charge in [0.15, 0.2) is 0 Å². The smallest absolute Gasteiger partial charge is 0.406 e. The van der Waals surface area contributed by atoms with Crippen LogP contribution in [-0.4, -0.2) is 65.1 Å². The van der Waals surface area contributed by atoms with Crippen molar-refractivity contribution in [2.45, 2.75) is 38.3 Å². The monoisotopic (exact) mass is 531 g/mol. The second-order valence-electron chi connectivity index (χ2n) is 9.31. The molecule has 1 saturated heterocycles. The Labute approximate surface area is 224 Å². The highest BCUT2D eigenvalue weighted by molar-refractivity contribution is 6.30. The van der Waals surface area contributed by atoms with Crippen LogP contribution in [0.4, 0.5) is 4.79 Å². The molecule has 3 rings (SSSR count). The zero-order valence-corrected chi connectivity index (χ0v) is 22.6. The number of aryl methyl sites for hydroxylation is 1. The van der Waals surface area contributed by atoms with Crippen LogP contribution in [0, 0.1) is 12.8 Å². The molecule has 2 aromatic rings. The third kappa shape index (κ3) is 9.00. The van der Waals surface area contributed by atoms with Crippen molar-refractivity contribution in [3.05, 3.63) is 69.7 Å². The van der Waals surface area contributed by atoms with Crippen LogP contribution >= 0.6 is 11.6 Å². The van der Waals surface area contributed by atoms with Gasteiger partial charge in [0.25, 0.3) is 5.91 Å². The molecule has 1 aliphatic rings. The Balaban J connectivity index is 1.70. The van der Waals surface area contributed by atoms with Gasteiger partial charge in [0.2, 0.25) is 0 Å². The van der Waals surface area contributed by atoms with Crippen LogP contribution in [0.15, 0.2) is 42.5 Å². The number of likely N-dealkylation sites (N-methyl/N-ethyl adjacent to an activating group) is 1. The van der Waals surface area contributed by atoms with Crippen molar-refractivity contribution in [2.75, 3.05) is 47.1 Å². The first kappa shape index (κ1) is 28.9. The van der Waals surface area contributed by atoms with Gasteiger partial charge in [-0.05, 0) is 80.1 Å². The van der Waals surface area contributed by atoms with E-state index in [1.165, 1.54) is 7.11 Å². The van der Waals surface area contributed by atoms with Crippen molar-refractivity contribution in [1.82, 2.24) is 16.0 Å². The molecule has 0 bridgehead atoms. The average molecular weight is 532 g/mol. The molecule has 0 aromatic heterocycles. The predicted octanol–water partition coefficient (Wildman–Crippen LogP) is 4.24. The molecule has 37 heavy (non-hydrogen) atoms. The number of carbonyl (C=O) groups excluding carboxylic acids is 2. The van der Waals surface area contributed by atoms with Gasteiger partial charge in [-0.3, -0.25) is 4.79 Å². The number of halogens is 1. The summed E-state index contributed by atoms with van der Waals surface area (Å²) in [7, 11) is 3.24. The van der Waals surface area contributed by atoms with E-state index in [0.717, 1.165) is 49.2 Å². The SMILES string of the molecule is CNC(CNC(=O)c1cccc(C(OCCNC(=O)OC)c2cc(Cl)ccc2C)c1)C[C@H]1CCCOC1. The normalized spacial score (nSPS) is 17.0. The number of benzene rings is 2. The Morgan fingerprint density at radius 1 is 1.19 bits per heavy atom. The van der Waals surface area contributed by atoms with Crippen LogP contribution in [0.1, 0.15) is 52.4 Å². The molecule has 2 aromatic carbocycles. The van der Waals surface area contributed by atoms with Crippen molar-refractivity contribution < 1.29 is 23.8 Å². The Bertz CT molecular complexity index is 1030. The van der Waals surface area contributed by atoms with Gasteiger partial charge < -0.3 is 30.2 Å². The summed E-state index contributed by atoms with van der Waals surface area (Å²) in [6, 6.07) is 13.2. The van der Waals surface area contributed by atoms with E-state index >= 15 is 0 Å². The van der Waals surface area contributed by atoms with Gasteiger partial charge >= 0.3 is 6.09 Å². The second-order valence-corrected chi connectivity index (χ2v) is 9.75. The van der Waals surface area contributed by atoms with E-state index in [0.29, 0.717) is 23.0 Å². The number of hydrogen-bond acceptors (Lipinski definition) is 6. The molecule has 0 saturated carbocycles. The van der Waals surface area contributed by atoms with Crippen LogP contribution in [0.25, 0.3) is 0 Å². The summed E-state index contributed by atoms with van der Waals surface area (Å²) < 4.78 is 16.4. The summed E-state index contributed by atoms with van der Waals surface area (Å²) in [6.45, 7) is 4.67. The molecule has 1 aliphatic heterocycles. The van der Waals surface area contributed by atoms with Gasteiger partial charge in [0.05, 0.1) is 13.7 Å². The summed E-state index contributed by atoms with van der Waals surface area (Å²) in [6.07, 6.45) is 2.22. The lowest BCUT2D eigenvalue weighted by Crippen LogP contribution is -2.41. The number of methoxy groups -OCH3 is 1. The third-order valence-corrected chi connectivity index (χ3v) is 6.84.